The van der Waals surface area contributed by atoms with Crippen molar-refractivity contribution < 1.29 is 9.26 Å². The van der Waals surface area contributed by atoms with Crippen molar-refractivity contribution in [2.75, 3.05) is 7.11 Å². The zero-order chi connectivity index (χ0) is 9.97. The van der Waals surface area contributed by atoms with Crippen LogP contribution in [0.1, 0.15) is 0 Å². The van der Waals surface area contributed by atoms with Gasteiger partial charge in [0.1, 0.15) is 11.4 Å². The Bertz CT molecular complexity index is 439. The standard InChI is InChI=1S/C10H8BrNO2/c1-13-8-4-2-3-7(5-8)9-6-10(11)14-12-9/h2-6H,1H3. The van der Waals surface area contributed by atoms with Gasteiger partial charge in [0.15, 0.2) is 0 Å². The SMILES string of the molecule is COc1cccc(-c2cc(Br)on2)c1. The number of aromatic nitrogens is 1. The average Bonchev–Trinajstić information content (AvgIpc) is 2.65. The Hall–Kier alpha value is -1.29. The van der Waals surface area contributed by atoms with Crippen LogP contribution in [0, 0.1) is 0 Å². The van der Waals surface area contributed by atoms with Gasteiger partial charge < -0.3 is 9.26 Å². The molecule has 0 unspecified atom stereocenters. The van der Waals surface area contributed by atoms with E-state index in [1.54, 1.807) is 7.11 Å². The van der Waals surface area contributed by atoms with Gasteiger partial charge in [-0.2, -0.15) is 0 Å². The van der Waals surface area contributed by atoms with Crippen LogP contribution in [0.25, 0.3) is 11.3 Å². The molecule has 0 N–H and O–H groups in total. The van der Waals surface area contributed by atoms with E-state index in [4.69, 9.17) is 9.26 Å². The van der Waals surface area contributed by atoms with Crippen molar-refractivity contribution in [1.82, 2.24) is 5.16 Å². The first-order valence-electron chi connectivity index (χ1n) is 4.06. The summed E-state index contributed by atoms with van der Waals surface area (Å²) in [6, 6.07) is 9.47. The van der Waals surface area contributed by atoms with Crippen LogP contribution < -0.4 is 4.74 Å². The van der Waals surface area contributed by atoms with Crippen LogP contribution in [0.4, 0.5) is 0 Å². The third-order valence-electron chi connectivity index (χ3n) is 1.85. The minimum atomic E-state index is 0.621. The zero-order valence-electron chi connectivity index (χ0n) is 7.53. The minimum absolute atomic E-state index is 0.621. The van der Waals surface area contributed by atoms with E-state index in [2.05, 4.69) is 21.1 Å². The summed E-state index contributed by atoms with van der Waals surface area (Å²) in [5.74, 6) is 0.807. The van der Waals surface area contributed by atoms with E-state index in [9.17, 15) is 0 Å². The van der Waals surface area contributed by atoms with Gasteiger partial charge in [-0.1, -0.05) is 17.3 Å². The maximum atomic E-state index is 5.11. The fourth-order valence-electron chi connectivity index (χ4n) is 1.17. The molecule has 4 heteroatoms. The molecule has 1 aromatic heterocycles. The lowest BCUT2D eigenvalue weighted by Crippen LogP contribution is -1.83. The first-order chi connectivity index (χ1) is 6.79. The van der Waals surface area contributed by atoms with Crippen LogP contribution in [0.2, 0.25) is 0 Å². The highest BCUT2D eigenvalue weighted by Gasteiger charge is 2.04. The molecule has 0 saturated carbocycles. The van der Waals surface area contributed by atoms with Crippen LogP contribution in [-0.4, -0.2) is 12.3 Å². The van der Waals surface area contributed by atoms with Crippen molar-refractivity contribution in [2.24, 2.45) is 0 Å². The van der Waals surface area contributed by atoms with Crippen molar-refractivity contribution in [2.45, 2.75) is 0 Å². The minimum Gasteiger partial charge on any atom is -0.497 e. The maximum Gasteiger partial charge on any atom is 0.202 e. The third-order valence-corrected chi connectivity index (χ3v) is 2.22. The Morgan fingerprint density at radius 3 is 2.86 bits per heavy atom. The Labute approximate surface area is 89.8 Å². The van der Waals surface area contributed by atoms with Crippen molar-refractivity contribution in [3.8, 4) is 17.0 Å². The number of methoxy groups -OCH3 is 1. The van der Waals surface area contributed by atoms with Crippen molar-refractivity contribution in [3.63, 3.8) is 0 Å². The summed E-state index contributed by atoms with van der Waals surface area (Å²) in [4.78, 5) is 0. The second-order valence-electron chi connectivity index (χ2n) is 2.75. The molecule has 14 heavy (non-hydrogen) atoms. The van der Waals surface area contributed by atoms with Gasteiger partial charge in [0.2, 0.25) is 4.67 Å². The highest BCUT2D eigenvalue weighted by molar-refractivity contribution is 9.10. The second-order valence-corrected chi connectivity index (χ2v) is 3.53. The van der Waals surface area contributed by atoms with E-state index >= 15 is 0 Å². The maximum absolute atomic E-state index is 5.11. The van der Waals surface area contributed by atoms with Gasteiger partial charge in [-0.25, -0.2) is 0 Å². The quantitative estimate of drug-likeness (QED) is 0.825. The van der Waals surface area contributed by atoms with Gasteiger partial charge in [-0.05, 0) is 28.1 Å². The number of halogens is 1. The smallest absolute Gasteiger partial charge is 0.202 e. The summed E-state index contributed by atoms with van der Waals surface area (Å²) in [5.41, 5.74) is 1.76. The molecule has 0 saturated heterocycles. The summed E-state index contributed by atoms with van der Waals surface area (Å²) >= 11 is 3.20. The monoisotopic (exact) mass is 253 g/mol. The number of hydrogen-bond donors (Lipinski definition) is 0. The molecule has 1 heterocycles. The first kappa shape index (κ1) is 9.27. The fraction of sp³-hybridized carbons (Fsp3) is 0.100. The van der Waals surface area contributed by atoms with E-state index in [1.165, 1.54) is 0 Å². The molecule has 0 amide bonds. The van der Waals surface area contributed by atoms with Crippen LogP contribution in [0.3, 0.4) is 0 Å². The van der Waals surface area contributed by atoms with Gasteiger partial charge in [-0.3, -0.25) is 0 Å². The Morgan fingerprint density at radius 2 is 2.21 bits per heavy atom. The largest absolute Gasteiger partial charge is 0.497 e. The van der Waals surface area contributed by atoms with Gasteiger partial charge >= 0.3 is 0 Å². The summed E-state index contributed by atoms with van der Waals surface area (Å²) in [6.45, 7) is 0. The third kappa shape index (κ3) is 1.80. The van der Waals surface area contributed by atoms with Gasteiger partial charge in [-0.15, -0.1) is 0 Å². The molecular formula is C10H8BrNO2. The van der Waals surface area contributed by atoms with Crippen molar-refractivity contribution >= 4 is 15.9 Å². The normalized spacial score (nSPS) is 10.1. The second kappa shape index (κ2) is 3.84. The zero-order valence-corrected chi connectivity index (χ0v) is 9.11. The van der Waals surface area contributed by atoms with E-state index in [0.29, 0.717) is 4.67 Å². The Balaban J connectivity index is 2.41. The molecule has 0 aliphatic rings. The van der Waals surface area contributed by atoms with Crippen LogP contribution in [0.5, 0.6) is 5.75 Å². The molecular weight excluding hydrogens is 246 g/mol. The number of nitrogens with zero attached hydrogens (tertiary/aromatic N) is 1. The molecule has 2 rings (SSSR count). The number of rotatable bonds is 2. The predicted octanol–water partition coefficient (Wildman–Crippen LogP) is 3.11. The molecule has 0 bridgehead atoms. The summed E-state index contributed by atoms with van der Waals surface area (Å²) in [5, 5.41) is 3.88. The molecule has 0 fully saturated rings. The first-order valence-corrected chi connectivity index (χ1v) is 4.85. The number of ether oxygens (including phenoxy) is 1. The molecule has 72 valence electrons. The lowest BCUT2D eigenvalue weighted by molar-refractivity contribution is 0.402. The molecule has 0 aliphatic carbocycles. The van der Waals surface area contributed by atoms with Crippen LogP contribution in [-0.2, 0) is 0 Å². The van der Waals surface area contributed by atoms with Crippen molar-refractivity contribution in [1.29, 1.82) is 0 Å². The Kier molecular flexibility index (Phi) is 2.54. The lowest BCUT2D eigenvalue weighted by Gasteiger charge is -2.00. The predicted molar refractivity (Wildman–Crippen MR) is 56.2 cm³/mol. The molecule has 0 radical (unpaired) electrons. The molecule has 0 aliphatic heterocycles. The van der Waals surface area contributed by atoms with Crippen LogP contribution in [0.15, 0.2) is 39.5 Å². The van der Waals surface area contributed by atoms with Crippen LogP contribution >= 0.6 is 15.9 Å². The molecule has 3 nitrogen and oxygen atoms in total. The summed E-state index contributed by atoms with van der Waals surface area (Å²) in [7, 11) is 1.64. The van der Waals surface area contributed by atoms with Gasteiger partial charge in [0, 0.05) is 11.6 Å². The molecule has 2 aromatic rings. The Morgan fingerprint density at radius 1 is 1.36 bits per heavy atom. The topological polar surface area (TPSA) is 35.3 Å². The van der Waals surface area contributed by atoms with E-state index < -0.39 is 0 Å². The molecule has 1 aromatic carbocycles. The highest BCUT2D eigenvalue weighted by atomic mass is 79.9. The number of benzene rings is 1. The molecule has 0 atom stereocenters. The number of hydrogen-bond acceptors (Lipinski definition) is 3. The average molecular weight is 254 g/mol. The lowest BCUT2D eigenvalue weighted by atomic mass is 10.1. The van der Waals surface area contributed by atoms with E-state index in [0.717, 1.165) is 17.0 Å². The summed E-state index contributed by atoms with van der Waals surface area (Å²) < 4.78 is 10.7. The fourth-order valence-corrected chi connectivity index (χ4v) is 1.46. The van der Waals surface area contributed by atoms with Gasteiger partial charge in [0.25, 0.3) is 0 Å². The highest BCUT2D eigenvalue weighted by Crippen LogP contribution is 2.24. The van der Waals surface area contributed by atoms with Gasteiger partial charge in [0.05, 0.1) is 7.11 Å². The molecule has 0 spiro atoms. The van der Waals surface area contributed by atoms with E-state index in [1.807, 2.05) is 30.3 Å². The van der Waals surface area contributed by atoms with Crippen molar-refractivity contribution in [3.05, 3.63) is 35.0 Å². The van der Waals surface area contributed by atoms with E-state index in [-0.39, 0.29) is 0 Å². The summed E-state index contributed by atoms with van der Waals surface area (Å²) in [6.07, 6.45) is 0.